The molecule has 1 unspecified atom stereocenters. The highest BCUT2D eigenvalue weighted by molar-refractivity contribution is 5.87. The molecule has 7 nitrogen and oxygen atoms in total. The number of hydrogen-bond acceptors (Lipinski definition) is 4. The van der Waals surface area contributed by atoms with Crippen LogP contribution in [0.5, 0.6) is 0 Å². The van der Waals surface area contributed by atoms with Crippen molar-refractivity contribution in [2.24, 2.45) is 0 Å². The van der Waals surface area contributed by atoms with Crippen molar-refractivity contribution in [3.05, 3.63) is 59.5 Å². The van der Waals surface area contributed by atoms with E-state index in [1.54, 1.807) is 24.3 Å². The molecule has 0 aliphatic carbocycles. The molecule has 0 saturated heterocycles. The molecule has 0 fully saturated rings. The van der Waals surface area contributed by atoms with Crippen LogP contribution in [0.3, 0.4) is 0 Å². The van der Waals surface area contributed by atoms with Crippen LogP contribution in [0, 0.1) is 5.21 Å². The van der Waals surface area contributed by atoms with Gasteiger partial charge in [0.25, 0.3) is 5.91 Å². The lowest BCUT2D eigenvalue weighted by molar-refractivity contribution is -0.605. The molecule has 2 heterocycles. The topological polar surface area (TPSA) is 98.3 Å². The third-order valence-electron chi connectivity index (χ3n) is 2.74. The van der Waals surface area contributed by atoms with Crippen LogP contribution >= 0.6 is 0 Å². The summed E-state index contributed by atoms with van der Waals surface area (Å²) in [6, 6.07) is 5.64. The van der Waals surface area contributed by atoms with Gasteiger partial charge >= 0.3 is 0 Å². The molecule has 0 aromatic carbocycles. The average Bonchev–Trinajstić information content (AvgIpc) is 2.96. The summed E-state index contributed by atoms with van der Waals surface area (Å²) >= 11 is 0. The molecule has 0 aliphatic rings. The summed E-state index contributed by atoms with van der Waals surface area (Å²) in [5.74, 6) is -0.417. The molecule has 0 aliphatic heterocycles. The highest BCUT2D eigenvalue weighted by Crippen LogP contribution is 2.13. The molecular formula is C14H15N3O4. The minimum Gasteiger partial charge on any atom is -0.619 e. The lowest BCUT2D eigenvalue weighted by Crippen LogP contribution is -2.39. The number of carbonyl (C=O) groups excluding carboxylic acids is 2. The second-order valence-electron chi connectivity index (χ2n) is 4.44. The maximum atomic E-state index is 12.2. The van der Waals surface area contributed by atoms with E-state index < -0.39 is 11.9 Å². The Morgan fingerprint density at radius 1 is 1.38 bits per heavy atom. The van der Waals surface area contributed by atoms with Gasteiger partial charge in [0.1, 0.15) is 5.76 Å². The van der Waals surface area contributed by atoms with Gasteiger partial charge in [-0.15, -0.1) is 0 Å². The number of rotatable bonds is 5. The Balaban J connectivity index is 2.03. The Morgan fingerprint density at radius 3 is 2.81 bits per heavy atom. The van der Waals surface area contributed by atoms with Crippen LogP contribution in [-0.2, 0) is 16.1 Å². The van der Waals surface area contributed by atoms with E-state index in [1.165, 1.54) is 25.6 Å². The lowest BCUT2D eigenvalue weighted by Gasteiger charge is -2.15. The zero-order chi connectivity index (χ0) is 15.2. The zero-order valence-electron chi connectivity index (χ0n) is 11.4. The molecule has 1 atom stereocenters. The highest BCUT2D eigenvalue weighted by Gasteiger charge is 2.23. The molecule has 0 spiro atoms. The third kappa shape index (κ3) is 4.07. The summed E-state index contributed by atoms with van der Waals surface area (Å²) in [5, 5.41) is 16.3. The number of nitrogens with one attached hydrogen (secondary N) is 2. The molecule has 0 bridgehead atoms. The predicted molar refractivity (Wildman–Crippen MR) is 72.5 cm³/mol. The van der Waals surface area contributed by atoms with Gasteiger partial charge in [0, 0.05) is 25.1 Å². The Bertz CT molecular complexity index is 625. The van der Waals surface area contributed by atoms with Crippen LogP contribution in [0.25, 0.3) is 0 Å². The van der Waals surface area contributed by atoms with E-state index in [1.807, 2.05) is 0 Å². The van der Waals surface area contributed by atoms with Crippen molar-refractivity contribution in [3.63, 3.8) is 0 Å². The molecule has 21 heavy (non-hydrogen) atoms. The van der Waals surface area contributed by atoms with E-state index in [4.69, 9.17) is 4.42 Å². The van der Waals surface area contributed by atoms with Crippen molar-refractivity contribution in [1.82, 2.24) is 10.6 Å². The van der Waals surface area contributed by atoms with Gasteiger partial charge in [-0.2, -0.15) is 4.73 Å². The fraction of sp³-hybridized carbons (Fsp3) is 0.214. The number of nitrogens with zero attached hydrogens (tertiary/aromatic N) is 1. The van der Waals surface area contributed by atoms with Gasteiger partial charge in [0.2, 0.25) is 5.91 Å². The molecule has 110 valence electrons. The van der Waals surface area contributed by atoms with E-state index in [2.05, 4.69) is 10.6 Å². The van der Waals surface area contributed by atoms with Crippen LogP contribution in [0.4, 0.5) is 0 Å². The van der Waals surface area contributed by atoms with Crippen LogP contribution in [0.2, 0.25) is 0 Å². The number of amides is 2. The SMILES string of the molecule is CC(=O)NC(C(=O)NCc1ccc[n+]([O-])c1)c1ccco1. The summed E-state index contributed by atoms with van der Waals surface area (Å²) < 4.78 is 5.81. The van der Waals surface area contributed by atoms with Crippen LogP contribution in [0.1, 0.15) is 24.3 Å². The smallest absolute Gasteiger partial charge is 0.250 e. The third-order valence-corrected chi connectivity index (χ3v) is 2.74. The fourth-order valence-electron chi connectivity index (χ4n) is 1.82. The predicted octanol–water partition coefficient (Wildman–Crippen LogP) is 0.407. The van der Waals surface area contributed by atoms with Crippen molar-refractivity contribution in [3.8, 4) is 0 Å². The number of aromatic nitrogens is 1. The van der Waals surface area contributed by atoms with Crippen LogP contribution in [-0.4, -0.2) is 11.8 Å². The van der Waals surface area contributed by atoms with Gasteiger partial charge in [0.15, 0.2) is 18.4 Å². The molecule has 2 amide bonds. The van der Waals surface area contributed by atoms with Gasteiger partial charge < -0.3 is 20.3 Å². The van der Waals surface area contributed by atoms with Crippen LogP contribution in [0.15, 0.2) is 47.3 Å². The first-order valence-electron chi connectivity index (χ1n) is 6.32. The van der Waals surface area contributed by atoms with Crippen molar-refractivity contribution in [1.29, 1.82) is 0 Å². The van der Waals surface area contributed by atoms with Crippen molar-refractivity contribution in [2.75, 3.05) is 0 Å². The Labute approximate surface area is 121 Å². The minimum absolute atomic E-state index is 0.179. The van der Waals surface area contributed by atoms with Gasteiger partial charge in [-0.3, -0.25) is 9.59 Å². The van der Waals surface area contributed by atoms with E-state index in [9.17, 15) is 14.8 Å². The molecule has 2 rings (SSSR count). The van der Waals surface area contributed by atoms with E-state index >= 15 is 0 Å². The molecular weight excluding hydrogens is 274 g/mol. The van der Waals surface area contributed by atoms with E-state index in [-0.39, 0.29) is 12.5 Å². The molecule has 2 aromatic rings. The monoisotopic (exact) mass is 289 g/mol. The summed E-state index contributed by atoms with van der Waals surface area (Å²) in [7, 11) is 0. The normalized spacial score (nSPS) is 11.7. The lowest BCUT2D eigenvalue weighted by atomic mass is 10.2. The Hall–Kier alpha value is -2.83. The quantitative estimate of drug-likeness (QED) is 0.615. The fourth-order valence-corrected chi connectivity index (χ4v) is 1.82. The summed E-state index contributed by atoms with van der Waals surface area (Å²) in [5.41, 5.74) is 0.655. The van der Waals surface area contributed by atoms with Gasteiger partial charge in [-0.25, -0.2) is 0 Å². The number of furan rings is 1. The minimum atomic E-state index is -0.902. The van der Waals surface area contributed by atoms with Crippen molar-refractivity contribution >= 4 is 11.8 Å². The number of pyridine rings is 1. The second-order valence-corrected chi connectivity index (χ2v) is 4.44. The molecule has 7 heteroatoms. The highest BCUT2D eigenvalue weighted by atomic mass is 16.5. The Kier molecular flexibility index (Phi) is 4.55. The summed E-state index contributed by atoms with van der Waals surface area (Å²) in [6.45, 7) is 1.50. The maximum Gasteiger partial charge on any atom is 0.250 e. The average molecular weight is 289 g/mol. The first-order valence-corrected chi connectivity index (χ1v) is 6.32. The first kappa shape index (κ1) is 14.6. The first-order chi connectivity index (χ1) is 10.1. The standard InChI is InChI=1S/C14H15N3O4/c1-10(18)16-13(12-5-3-7-21-12)14(19)15-8-11-4-2-6-17(20)9-11/h2-7,9,13H,8H2,1H3,(H,15,19)(H,16,18). The maximum absolute atomic E-state index is 12.2. The summed E-state index contributed by atoms with van der Waals surface area (Å²) in [6.07, 6.45) is 4.14. The number of hydrogen-bond donors (Lipinski definition) is 2. The van der Waals surface area contributed by atoms with E-state index in [0.717, 1.165) is 0 Å². The van der Waals surface area contributed by atoms with Crippen molar-refractivity contribution < 1.29 is 18.7 Å². The second kappa shape index (κ2) is 6.56. The molecule has 2 N–H and O–H groups in total. The van der Waals surface area contributed by atoms with Crippen LogP contribution < -0.4 is 15.4 Å². The van der Waals surface area contributed by atoms with Gasteiger partial charge in [0.05, 0.1) is 6.26 Å². The summed E-state index contributed by atoms with van der Waals surface area (Å²) in [4.78, 5) is 23.4. The van der Waals surface area contributed by atoms with E-state index in [0.29, 0.717) is 16.1 Å². The Morgan fingerprint density at radius 2 is 2.19 bits per heavy atom. The largest absolute Gasteiger partial charge is 0.619 e. The molecule has 2 aromatic heterocycles. The molecule has 0 radical (unpaired) electrons. The van der Waals surface area contributed by atoms with Crippen molar-refractivity contribution in [2.45, 2.75) is 19.5 Å². The zero-order valence-corrected chi connectivity index (χ0v) is 11.4. The number of carbonyl (C=O) groups is 2. The van der Waals surface area contributed by atoms with Gasteiger partial charge in [-0.1, -0.05) is 0 Å². The molecule has 0 saturated carbocycles. The van der Waals surface area contributed by atoms with Gasteiger partial charge in [-0.05, 0) is 18.2 Å².